The minimum atomic E-state index is -3.45. The number of aryl methyl sites for hydroxylation is 1. The number of carbonyl (C=O) groups is 1. The number of hydrogen-bond donors (Lipinski definition) is 1. The first kappa shape index (κ1) is 21.3. The Bertz CT molecular complexity index is 998. The Morgan fingerprint density at radius 1 is 1.03 bits per heavy atom. The lowest BCUT2D eigenvalue weighted by Crippen LogP contribution is -2.27. The minimum Gasteiger partial charge on any atom is -0.325 e. The molecule has 1 N–H and O–H groups in total. The number of sulfonamides is 1. The van der Waals surface area contributed by atoms with Gasteiger partial charge in [-0.15, -0.1) is 10.2 Å². The maximum Gasteiger partial charge on any atom is 0.243 e. The molecule has 162 valence electrons. The summed E-state index contributed by atoms with van der Waals surface area (Å²) >= 11 is 1.40. The second-order valence-corrected chi connectivity index (χ2v) is 11.0. The number of nitrogens with zero attached hydrogens (tertiary/aromatic N) is 4. The summed E-state index contributed by atoms with van der Waals surface area (Å²) in [6.45, 7) is 3.88. The quantitative estimate of drug-likeness (QED) is 0.681. The van der Waals surface area contributed by atoms with Crippen LogP contribution in [-0.4, -0.2) is 51.7 Å². The van der Waals surface area contributed by atoms with Crippen LogP contribution in [0, 0.1) is 0 Å². The van der Waals surface area contributed by atoms with Crippen LogP contribution < -0.4 is 5.32 Å². The van der Waals surface area contributed by atoms with Crippen molar-refractivity contribution in [3.63, 3.8) is 0 Å². The molecule has 0 spiro atoms. The fraction of sp³-hybridized carbons (Fsp3) is 0.550. The van der Waals surface area contributed by atoms with E-state index in [1.165, 1.54) is 22.5 Å². The summed E-state index contributed by atoms with van der Waals surface area (Å²) in [7, 11) is -3.45. The predicted octanol–water partition coefficient (Wildman–Crippen LogP) is 2.91. The molecule has 30 heavy (non-hydrogen) atoms. The van der Waals surface area contributed by atoms with E-state index in [4.69, 9.17) is 0 Å². The fourth-order valence-electron chi connectivity index (χ4n) is 3.79. The molecular formula is C20H27N5O3S2. The van der Waals surface area contributed by atoms with Crippen LogP contribution in [0.25, 0.3) is 0 Å². The zero-order valence-corrected chi connectivity index (χ0v) is 18.7. The Hall–Kier alpha value is -1.91. The molecule has 1 aromatic heterocycles. The molecule has 0 unspecified atom stereocenters. The van der Waals surface area contributed by atoms with Gasteiger partial charge in [-0.3, -0.25) is 4.79 Å². The van der Waals surface area contributed by atoms with Gasteiger partial charge in [0.1, 0.15) is 5.82 Å². The predicted molar refractivity (Wildman–Crippen MR) is 116 cm³/mol. The fourth-order valence-corrected chi connectivity index (χ4v) is 6.20. The van der Waals surface area contributed by atoms with Crippen molar-refractivity contribution >= 4 is 33.4 Å². The van der Waals surface area contributed by atoms with Gasteiger partial charge in [-0.1, -0.05) is 18.2 Å². The highest BCUT2D eigenvalue weighted by atomic mass is 32.2. The van der Waals surface area contributed by atoms with Gasteiger partial charge in [0.2, 0.25) is 15.9 Å². The standard InChI is InChI=1S/C20H27N5O3S2/c1-15(29-20-23-22-18-7-3-2-4-14-25(18)20)19(26)21-16-8-10-17(11-9-16)30(27,28)24-12-5-6-13-24/h8-11,15H,2-7,12-14H2,1H3,(H,21,26)/t15-/m0/s1. The zero-order valence-electron chi connectivity index (χ0n) is 17.1. The Kier molecular flexibility index (Phi) is 6.45. The largest absolute Gasteiger partial charge is 0.325 e. The highest BCUT2D eigenvalue weighted by Crippen LogP contribution is 2.27. The van der Waals surface area contributed by atoms with Gasteiger partial charge in [-0.05, 0) is 56.9 Å². The molecule has 4 rings (SSSR count). The molecule has 1 amide bonds. The molecule has 0 bridgehead atoms. The number of aromatic nitrogens is 3. The number of rotatable bonds is 6. The van der Waals surface area contributed by atoms with Crippen molar-refractivity contribution in [1.82, 2.24) is 19.1 Å². The van der Waals surface area contributed by atoms with Crippen molar-refractivity contribution in [2.45, 2.75) is 67.3 Å². The van der Waals surface area contributed by atoms with Crippen molar-refractivity contribution in [2.24, 2.45) is 0 Å². The van der Waals surface area contributed by atoms with Gasteiger partial charge in [-0.2, -0.15) is 4.31 Å². The Labute approximate surface area is 181 Å². The molecule has 10 heteroatoms. The first-order valence-electron chi connectivity index (χ1n) is 10.4. The Morgan fingerprint density at radius 2 is 1.73 bits per heavy atom. The zero-order chi connectivity index (χ0) is 21.1. The molecule has 0 aliphatic carbocycles. The number of hydrogen-bond acceptors (Lipinski definition) is 6. The first-order valence-corrected chi connectivity index (χ1v) is 12.8. The summed E-state index contributed by atoms with van der Waals surface area (Å²) in [6, 6.07) is 6.39. The maximum absolute atomic E-state index is 12.6. The third kappa shape index (κ3) is 4.55. The van der Waals surface area contributed by atoms with Crippen molar-refractivity contribution in [1.29, 1.82) is 0 Å². The van der Waals surface area contributed by atoms with Crippen LogP contribution in [0.4, 0.5) is 5.69 Å². The lowest BCUT2D eigenvalue weighted by Gasteiger charge is -2.16. The van der Waals surface area contributed by atoms with Gasteiger partial charge < -0.3 is 9.88 Å². The number of thioether (sulfide) groups is 1. The van der Waals surface area contributed by atoms with E-state index in [0.29, 0.717) is 18.8 Å². The van der Waals surface area contributed by atoms with Gasteiger partial charge in [0.05, 0.1) is 10.1 Å². The number of amides is 1. The van der Waals surface area contributed by atoms with Gasteiger partial charge in [0, 0.05) is 31.7 Å². The van der Waals surface area contributed by atoms with Crippen molar-refractivity contribution in [3.8, 4) is 0 Å². The maximum atomic E-state index is 12.6. The van der Waals surface area contributed by atoms with E-state index in [1.807, 2.05) is 6.92 Å². The second-order valence-electron chi connectivity index (χ2n) is 7.75. The molecule has 1 atom stereocenters. The molecule has 2 aromatic rings. The molecule has 1 aromatic carbocycles. The summed E-state index contributed by atoms with van der Waals surface area (Å²) in [5.41, 5.74) is 0.577. The highest BCUT2D eigenvalue weighted by Gasteiger charge is 2.27. The van der Waals surface area contributed by atoms with Crippen LogP contribution in [-0.2, 0) is 27.8 Å². The van der Waals surface area contributed by atoms with Crippen molar-refractivity contribution in [3.05, 3.63) is 30.1 Å². The van der Waals surface area contributed by atoms with Crippen molar-refractivity contribution < 1.29 is 13.2 Å². The average molecular weight is 450 g/mol. The van der Waals surface area contributed by atoms with E-state index < -0.39 is 10.0 Å². The molecule has 2 aliphatic rings. The molecule has 1 saturated heterocycles. The van der Waals surface area contributed by atoms with Crippen LogP contribution >= 0.6 is 11.8 Å². The minimum absolute atomic E-state index is 0.152. The van der Waals surface area contributed by atoms with E-state index in [9.17, 15) is 13.2 Å². The number of fused-ring (bicyclic) bond motifs is 1. The van der Waals surface area contributed by atoms with Crippen molar-refractivity contribution in [2.75, 3.05) is 18.4 Å². The summed E-state index contributed by atoms with van der Waals surface area (Å²) in [6.07, 6.45) is 6.15. The molecule has 0 saturated carbocycles. The third-order valence-electron chi connectivity index (χ3n) is 5.55. The number of nitrogens with one attached hydrogen (secondary N) is 1. The van der Waals surface area contributed by atoms with E-state index in [2.05, 4.69) is 20.1 Å². The van der Waals surface area contributed by atoms with E-state index in [1.54, 1.807) is 24.3 Å². The van der Waals surface area contributed by atoms with Gasteiger partial charge in [-0.25, -0.2) is 8.42 Å². The lowest BCUT2D eigenvalue weighted by molar-refractivity contribution is -0.115. The second kappa shape index (κ2) is 9.07. The molecular weight excluding hydrogens is 422 g/mol. The van der Waals surface area contributed by atoms with E-state index in [0.717, 1.165) is 49.6 Å². The summed E-state index contributed by atoms with van der Waals surface area (Å²) in [5.74, 6) is 0.846. The van der Waals surface area contributed by atoms with Crippen LogP contribution in [0.2, 0.25) is 0 Å². The Morgan fingerprint density at radius 3 is 2.47 bits per heavy atom. The summed E-state index contributed by atoms with van der Waals surface area (Å²) in [4.78, 5) is 12.9. The van der Waals surface area contributed by atoms with Gasteiger partial charge in [0.25, 0.3) is 0 Å². The van der Waals surface area contributed by atoms with Crippen LogP contribution in [0.3, 0.4) is 0 Å². The Balaban J connectivity index is 1.38. The molecule has 0 radical (unpaired) electrons. The number of carbonyl (C=O) groups excluding carboxylic acids is 1. The van der Waals surface area contributed by atoms with Crippen LogP contribution in [0.5, 0.6) is 0 Å². The number of benzene rings is 1. The lowest BCUT2D eigenvalue weighted by atomic mass is 10.2. The smallest absolute Gasteiger partial charge is 0.243 e. The van der Waals surface area contributed by atoms with Gasteiger partial charge in [0.15, 0.2) is 5.16 Å². The normalized spacial score (nSPS) is 18.6. The SMILES string of the molecule is C[C@H](Sc1nnc2n1CCCCC2)C(=O)Nc1ccc(S(=O)(=O)N2CCCC2)cc1. The molecule has 8 nitrogen and oxygen atoms in total. The first-order chi connectivity index (χ1) is 14.4. The molecule has 1 fully saturated rings. The average Bonchev–Trinajstić information content (AvgIpc) is 3.34. The summed E-state index contributed by atoms with van der Waals surface area (Å²) < 4.78 is 28.9. The molecule has 3 heterocycles. The monoisotopic (exact) mass is 449 g/mol. The van der Waals surface area contributed by atoms with Crippen LogP contribution in [0.1, 0.15) is 44.9 Å². The van der Waals surface area contributed by atoms with Gasteiger partial charge >= 0.3 is 0 Å². The van der Waals surface area contributed by atoms with E-state index >= 15 is 0 Å². The molecule has 2 aliphatic heterocycles. The van der Waals surface area contributed by atoms with Crippen LogP contribution in [0.15, 0.2) is 34.3 Å². The number of anilines is 1. The van der Waals surface area contributed by atoms with E-state index in [-0.39, 0.29) is 16.1 Å². The highest BCUT2D eigenvalue weighted by molar-refractivity contribution is 8.00. The summed E-state index contributed by atoms with van der Waals surface area (Å²) in [5, 5.41) is 11.8. The third-order valence-corrected chi connectivity index (χ3v) is 8.54. The topological polar surface area (TPSA) is 97.2 Å².